The summed E-state index contributed by atoms with van der Waals surface area (Å²) in [6, 6.07) is 3.72. The van der Waals surface area contributed by atoms with Gasteiger partial charge in [-0.05, 0) is 26.0 Å². The summed E-state index contributed by atoms with van der Waals surface area (Å²) >= 11 is 5.45. The van der Waals surface area contributed by atoms with E-state index in [9.17, 15) is 4.79 Å². The highest BCUT2D eigenvalue weighted by Gasteiger charge is 2.04. The molecule has 0 unspecified atom stereocenters. The Morgan fingerprint density at radius 1 is 1.50 bits per heavy atom. The zero-order chi connectivity index (χ0) is 10.6. The van der Waals surface area contributed by atoms with Gasteiger partial charge in [0.2, 0.25) is 5.91 Å². The Morgan fingerprint density at radius 3 is 2.79 bits per heavy atom. The SMILES string of the molecule is Cc1ccc(NC(=O)CCCl)c(C)n1. The molecule has 14 heavy (non-hydrogen) atoms. The average molecular weight is 213 g/mol. The van der Waals surface area contributed by atoms with E-state index in [0.717, 1.165) is 17.1 Å². The summed E-state index contributed by atoms with van der Waals surface area (Å²) in [5.74, 6) is 0.262. The number of carbonyl (C=O) groups excluding carboxylic acids is 1. The van der Waals surface area contributed by atoms with Crippen molar-refractivity contribution in [3.8, 4) is 0 Å². The number of carbonyl (C=O) groups is 1. The van der Waals surface area contributed by atoms with Crippen molar-refractivity contribution in [3.63, 3.8) is 0 Å². The Hall–Kier alpha value is -1.09. The van der Waals surface area contributed by atoms with Gasteiger partial charge in [0.25, 0.3) is 0 Å². The van der Waals surface area contributed by atoms with Crippen LogP contribution < -0.4 is 5.32 Å². The fraction of sp³-hybridized carbons (Fsp3) is 0.400. The van der Waals surface area contributed by atoms with Crippen LogP contribution in [-0.2, 0) is 4.79 Å². The summed E-state index contributed by atoms with van der Waals surface area (Å²) < 4.78 is 0. The van der Waals surface area contributed by atoms with Crippen molar-refractivity contribution in [2.45, 2.75) is 20.3 Å². The molecule has 1 aromatic heterocycles. The molecule has 0 saturated carbocycles. The van der Waals surface area contributed by atoms with Crippen LogP contribution in [0, 0.1) is 13.8 Å². The molecule has 0 radical (unpaired) electrons. The highest BCUT2D eigenvalue weighted by Crippen LogP contribution is 2.12. The van der Waals surface area contributed by atoms with E-state index >= 15 is 0 Å². The molecule has 76 valence electrons. The maximum absolute atomic E-state index is 11.2. The lowest BCUT2D eigenvalue weighted by Gasteiger charge is -2.07. The van der Waals surface area contributed by atoms with Gasteiger partial charge in [0, 0.05) is 18.0 Å². The molecule has 1 amide bonds. The number of aromatic nitrogens is 1. The summed E-state index contributed by atoms with van der Waals surface area (Å²) in [6.45, 7) is 3.78. The number of anilines is 1. The second-order valence-corrected chi connectivity index (χ2v) is 3.45. The maximum atomic E-state index is 11.2. The molecule has 3 nitrogen and oxygen atoms in total. The van der Waals surface area contributed by atoms with Crippen LogP contribution >= 0.6 is 11.6 Å². The molecule has 0 bridgehead atoms. The van der Waals surface area contributed by atoms with Gasteiger partial charge in [-0.15, -0.1) is 11.6 Å². The number of nitrogens with zero attached hydrogens (tertiary/aromatic N) is 1. The van der Waals surface area contributed by atoms with E-state index in [-0.39, 0.29) is 5.91 Å². The van der Waals surface area contributed by atoms with Crippen molar-refractivity contribution >= 4 is 23.2 Å². The number of rotatable bonds is 3. The first-order chi connectivity index (χ1) is 6.63. The van der Waals surface area contributed by atoms with Crippen molar-refractivity contribution in [1.82, 2.24) is 4.98 Å². The van der Waals surface area contributed by atoms with Crippen molar-refractivity contribution in [3.05, 3.63) is 23.5 Å². The molecule has 1 rings (SSSR count). The first kappa shape index (κ1) is 11.0. The molecule has 0 spiro atoms. The van der Waals surface area contributed by atoms with Crippen molar-refractivity contribution in [2.75, 3.05) is 11.2 Å². The third-order valence-electron chi connectivity index (χ3n) is 1.82. The Kier molecular flexibility index (Phi) is 3.89. The molecule has 0 aliphatic carbocycles. The summed E-state index contributed by atoms with van der Waals surface area (Å²) in [7, 11) is 0. The number of amides is 1. The number of halogens is 1. The zero-order valence-corrected chi connectivity index (χ0v) is 9.06. The minimum atomic E-state index is -0.0752. The van der Waals surface area contributed by atoms with E-state index in [0.29, 0.717) is 12.3 Å². The lowest BCUT2D eigenvalue weighted by atomic mass is 10.2. The van der Waals surface area contributed by atoms with Crippen molar-refractivity contribution in [2.24, 2.45) is 0 Å². The van der Waals surface area contributed by atoms with Gasteiger partial charge < -0.3 is 5.32 Å². The number of pyridine rings is 1. The fourth-order valence-electron chi connectivity index (χ4n) is 1.12. The summed E-state index contributed by atoms with van der Waals surface area (Å²) in [4.78, 5) is 15.5. The first-order valence-corrected chi connectivity index (χ1v) is 4.97. The van der Waals surface area contributed by atoms with Gasteiger partial charge in [-0.1, -0.05) is 0 Å². The third kappa shape index (κ3) is 3.00. The van der Waals surface area contributed by atoms with E-state index in [1.54, 1.807) is 0 Å². The number of nitrogens with one attached hydrogen (secondary N) is 1. The highest BCUT2D eigenvalue weighted by atomic mass is 35.5. The molecule has 0 aliphatic rings. The van der Waals surface area contributed by atoms with Gasteiger partial charge >= 0.3 is 0 Å². The van der Waals surface area contributed by atoms with E-state index < -0.39 is 0 Å². The van der Waals surface area contributed by atoms with Crippen molar-refractivity contribution in [1.29, 1.82) is 0 Å². The van der Waals surface area contributed by atoms with Crippen LogP contribution in [0.5, 0.6) is 0 Å². The second-order valence-electron chi connectivity index (χ2n) is 3.07. The molecule has 1 N–H and O–H groups in total. The van der Waals surface area contributed by atoms with E-state index in [2.05, 4.69) is 10.3 Å². The summed E-state index contributed by atoms with van der Waals surface area (Å²) in [6.07, 6.45) is 0.328. The number of hydrogen-bond acceptors (Lipinski definition) is 2. The predicted molar refractivity (Wildman–Crippen MR) is 57.7 cm³/mol. The van der Waals surface area contributed by atoms with Crippen LogP contribution in [-0.4, -0.2) is 16.8 Å². The lowest BCUT2D eigenvalue weighted by molar-refractivity contribution is -0.115. The Balaban J connectivity index is 2.72. The Labute approximate surface area is 88.5 Å². The van der Waals surface area contributed by atoms with Crippen LogP contribution in [0.25, 0.3) is 0 Å². The van der Waals surface area contributed by atoms with Gasteiger partial charge in [0.05, 0.1) is 11.4 Å². The maximum Gasteiger partial charge on any atom is 0.225 e. The van der Waals surface area contributed by atoms with Crippen molar-refractivity contribution < 1.29 is 4.79 Å². The van der Waals surface area contributed by atoms with E-state index in [1.807, 2.05) is 26.0 Å². The standard InChI is InChI=1S/C10H13ClN2O/c1-7-3-4-9(8(2)12-7)13-10(14)5-6-11/h3-4H,5-6H2,1-2H3,(H,13,14). The van der Waals surface area contributed by atoms with Crippen LogP contribution in [0.3, 0.4) is 0 Å². The smallest absolute Gasteiger partial charge is 0.225 e. The summed E-state index contributed by atoms with van der Waals surface area (Å²) in [5, 5.41) is 2.75. The van der Waals surface area contributed by atoms with Gasteiger partial charge in [0.15, 0.2) is 0 Å². The minimum absolute atomic E-state index is 0.0752. The molecule has 0 aliphatic heterocycles. The molecule has 0 saturated heterocycles. The van der Waals surface area contributed by atoms with Crippen LogP contribution in [0.15, 0.2) is 12.1 Å². The monoisotopic (exact) mass is 212 g/mol. The zero-order valence-electron chi connectivity index (χ0n) is 8.30. The molecular weight excluding hydrogens is 200 g/mol. The molecule has 0 fully saturated rings. The lowest BCUT2D eigenvalue weighted by Crippen LogP contribution is -2.13. The van der Waals surface area contributed by atoms with Crippen LogP contribution in [0.1, 0.15) is 17.8 Å². The number of aryl methyl sites for hydroxylation is 2. The second kappa shape index (κ2) is 4.96. The van der Waals surface area contributed by atoms with Gasteiger partial charge in [-0.25, -0.2) is 0 Å². The molecule has 1 aromatic rings. The average Bonchev–Trinajstić information content (AvgIpc) is 2.10. The largest absolute Gasteiger partial charge is 0.324 e. The van der Waals surface area contributed by atoms with Crippen LogP contribution in [0.4, 0.5) is 5.69 Å². The highest BCUT2D eigenvalue weighted by molar-refractivity contribution is 6.19. The van der Waals surface area contributed by atoms with E-state index in [1.165, 1.54) is 0 Å². The van der Waals surface area contributed by atoms with Crippen LogP contribution in [0.2, 0.25) is 0 Å². The van der Waals surface area contributed by atoms with Gasteiger partial charge in [-0.2, -0.15) is 0 Å². The molecule has 1 heterocycles. The Bertz CT molecular complexity index is 339. The molecular formula is C10H13ClN2O. The summed E-state index contributed by atoms with van der Waals surface area (Å²) in [5.41, 5.74) is 2.52. The molecule has 4 heteroatoms. The van der Waals surface area contributed by atoms with E-state index in [4.69, 9.17) is 11.6 Å². The number of hydrogen-bond donors (Lipinski definition) is 1. The van der Waals surface area contributed by atoms with Gasteiger partial charge in [0.1, 0.15) is 0 Å². The topological polar surface area (TPSA) is 42.0 Å². The quantitative estimate of drug-likeness (QED) is 0.781. The fourth-order valence-corrected chi connectivity index (χ4v) is 1.29. The van der Waals surface area contributed by atoms with Gasteiger partial charge in [-0.3, -0.25) is 9.78 Å². The first-order valence-electron chi connectivity index (χ1n) is 4.43. The predicted octanol–water partition coefficient (Wildman–Crippen LogP) is 2.27. The molecule has 0 aromatic carbocycles. The Morgan fingerprint density at radius 2 is 2.21 bits per heavy atom. The number of alkyl halides is 1. The third-order valence-corrected chi connectivity index (χ3v) is 2.01. The normalized spacial score (nSPS) is 9.93. The molecule has 0 atom stereocenters. The minimum Gasteiger partial charge on any atom is -0.324 e.